The Balaban J connectivity index is 1.71. The minimum Gasteiger partial charge on any atom is -0.207 e. The zero-order valence-electron chi connectivity index (χ0n) is 10.4. The monoisotopic (exact) mass is 238 g/mol. The third-order valence-electron chi connectivity index (χ3n) is 3.70. The molecule has 0 heterocycles. The molecule has 1 fully saturated rings. The molecular formula is C15H20F2. The first kappa shape index (κ1) is 12.5. The van der Waals surface area contributed by atoms with Gasteiger partial charge in [0.25, 0.3) is 0 Å². The molecule has 1 aliphatic rings. The van der Waals surface area contributed by atoms with Gasteiger partial charge in [0.05, 0.1) is 0 Å². The second kappa shape index (κ2) is 5.16. The highest BCUT2D eigenvalue weighted by Crippen LogP contribution is 2.40. The van der Waals surface area contributed by atoms with Gasteiger partial charge < -0.3 is 0 Å². The number of halogens is 2. The van der Waals surface area contributed by atoms with Crippen LogP contribution >= 0.6 is 0 Å². The Morgan fingerprint density at radius 2 is 1.94 bits per heavy atom. The van der Waals surface area contributed by atoms with Gasteiger partial charge in [-0.1, -0.05) is 29.8 Å². The summed E-state index contributed by atoms with van der Waals surface area (Å²) in [6.07, 6.45) is 3.92. The average Bonchev–Trinajstić information content (AvgIpc) is 2.61. The van der Waals surface area contributed by atoms with Gasteiger partial charge in [-0.3, -0.25) is 0 Å². The number of hydrogen-bond acceptors (Lipinski definition) is 0. The highest BCUT2D eigenvalue weighted by Gasteiger charge is 2.38. The van der Waals surface area contributed by atoms with E-state index in [1.165, 1.54) is 11.1 Å². The molecule has 94 valence electrons. The van der Waals surface area contributed by atoms with Gasteiger partial charge in [0, 0.05) is 12.8 Å². The lowest BCUT2D eigenvalue weighted by molar-refractivity contribution is 0.00465. The standard InChI is InChI=1S/C15H20F2/c1-12-5-7-13(8-6-12)3-2-4-14-9-10-15(16,17)11-14/h5-8,14H,2-4,9-11H2,1H3. The van der Waals surface area contributed by atoms with Crippen molar-refractivity contribution in [3.05, 3.63) is 35.4 Å². The van der Waals surface area contributed by atoms with Gasteiger partial charge >= 0.3 is 0 Å². The van der Waals surface area contributed by atoms with Gasteiger partial charge in [0.15, 0.2) is 0 Å². The number of alkyl halides is 2. The zero-order valence-corrected chi connectivity index (χ0v) is 10.4. The molecule has 0 aromatic heterocycles. The van der Waals surface area contributed by atoms with Gasteiger partial charge in [0.2, 0.25) is 5.92 Å². The fourth-order valence-electron chi connectivity index (χ4n) is 2.64. The summed E-state index contributed by atoms with van der Waals surface area (Å²) >= 11 is 0. The van der Waals surface area contributed by atoms with Crippen LogP contribution in [0.4, 0.5) is 8.78 Å². The molecule has 0 N–H and O–H groups in total. The van der Waals surface area contributed by atoms with E-state index in [2.05, 4.69) is 31.2 Å². The summed E-state index contributed by atoms with van der Waals surface area (Å²) in [7, 11) is 0. The maximum atomic E-state index is 13.0. The molecule has 1 unspecified atom stereocenters. The van der Waals surface area contributed by atoms with Crippen molar-refractivity contribution >= 4 is 0 Å². The first-order valence-electron chi connectivity index (χ1n) is 6.48. The van der Waals surface area contributed by atoms with Gasteiger partial charge in [-0.2, -0.15) is 0 Å². The number of rotatable bonds is 4. The van der Waals surface area contributed by atoms with Crippen LogP contribution in [0.2, 0.25) is 0 Å². The summed E-state index contributed by atoms with van der Waals surface area (Å²) in [4.78, 5) is 0. The van der Waals surface area contributed by atoms with Crippen molar-refractivity contribution in [1.82, 2.24) is 0 Å². The molecule has 0 amide bonds. The summed E-state index contributed by atoms with van der Waals surface area (Å²) < 4.78 is 26.0. The number of aryl methyl sites for hydroxylation is 2. The molecule has 0 nitrogen and oxygen atoms in total. The minimum atomic E-state index is -2.38. The first-order valence-corrected chi connectivity index (χ1v) is 6.48. The second-order valence-electron chi connectivity index (χ2n) is 5.34. The van der Waals surface area contributed by atoms with Gasteiger partial charge in [-0.05, 0) is 44.1 Å². The zero-order chi connectivity index (χ0) is 12.3. The van der Waals surface area contributed by atoms with Gasteiger partial charge in [-0.25, -0.2) is 8.78 Å². The van der Waals surface area contributed by atoms with Crippen molar-refractivity contribution in [2.75, 3.05) is 0 Å². The summed E-state index contributed by atoms with van der Waals surface area (Å²) in [5.41, 5.74) is 2.59. The molecule has 2 rings (SSSR count). The fourth-order valence-corrected chi connectivity index (χ4v) is 2.64. The molecule has 1 atom stereocenters. The van der Waals surface area contributed by atoms with Crippen LogP contribution in [0.15, 0.2) is 24.3 Å². The topological polar surface area (TPSA) is 0 Å². The van der Waals surface area contributed by atoms with Crippen molar-refractivity contribution < 1.29 is 8.78 Å². The smallest absolute Gasteiger partial charge is 0.207 e. The lowest BCUT2D eigenvalue weighted by atomic mass is 9.98. The van der Waals surface area contributed by atoms with Crippen LogP contribution in [0.5, 0.6) is 0 Å². The highest BCUT2D eigenvalue weighted by molar-refractivity contribution is 5.21. The van der Waals surface area contributed by atoms with Gasteiger partial charge in [0.1, 0.15) is 0 Å². The van der Waals surface area contributed by atoms with E-state index in [1.54, 1.807) is 0 Å². The molecule has 0 radical (unpaired) electrons. The summed E-state index contributed by atoms with van der Waals surface area (Å²) in [5, 5.41) is 0. The van der Waals surface area contributed by atoms with Crippen LogP contribution in [0.25, 0.3) is 0 Å². The predicted octanol–water partition coefficient (Wildman–Crippen LogP) is 4.75. The van der Waals surface area contributed by atoms with E-state index >= 15 is 0 Å². The van der Waals surface area contributed by atoms with Gasteiger partial charge in [-0.15, -0.1) is 0 Å². The Morgan fingerprint density at radius 1 is 1.24 bits per heavy atom. The molecular weight excluding hydrogens is 218 g/mol. The summed E-state index contributed by atoms with van der Waals surface area (Å²) in [6.45, 7) is 2.07. The summed E-state index contributed by atoms with van der Waals surface area (Å²) in [5.74, 6) is -2.13. The van der Waals surface area contributed by atoms with Crippen LogP contribution in [-0.4, -0.2) is 5.92 Å². The number of benzene rings is 1. The molecule has 1 saturated carbocycles. The van der Waals surface area contributed by atoms with E-state index in [1.807, 2.05) is 0 Å². The van der Waals surface area contributed by atoms with E-state index < -0.39 is 5.92 Å². The average molecular weight is 238 g/mol. The molecule has 0 spiro atoms. The van der Waals surface area contributed by atoms with Crippen molar-refractivity contribution in [2.24, 2.45) is 5.92 Å². The van der Waals surface area contributed by atoms with Crippen molar-refractivity contribution in [3.8, 4) is 0 Å². The van der Waals surface area contributed by atoms with E-state index in [4.69, 9.17) is 0 Å². The molecule has 0 saturated heterocycles. The SMILES string of the molecule is Cc1ccc(CCCC2CCC(F)(F)C2)cc1. The molecule has 17 heavy (non-hydrogen) atoms. The predicted molar refractivity (Wildman–Crippen MR) is 66.4 cm³/mol. The van der Waals surface area contributed by atoms with Crippen molar-refractivity contribution in [2.45, 2.75) is 51.4 Å². The van der Waals surface area contributed by atoms with E-state index in [0.717, 1.165) is 19.3 Å². The Bertz CT molecular complexity index is 354. The summed E-state index contributed by atoms with van der Waals surface area (Å²) in [6, 6.07) is 8.50. The Morgan fingerprint density at radius 3 is 2.53 bits per heavy atom. The van der Waals surface area contributed by atoms with Crippen LogP contribution in [-0.2, 0) is 6.42 Å². The first-order chi connectivity index (χ1) is 8.05. The second-order valence-corrected chi connectivity index (χ2v) is 5.34. The molecule has 2 heteroatoms. The Labute approximate surface area is 102 Å². The van der Waals surface area contributed by atoms with E-state index in [-0.39, 0.29) is 18.8 Å². The Hall–Kier alpha value is -0.920. The minimum absolute atomic E-state index is 0.0994. The van der Waals surface area contributed by atoms with Crippen molar-refractivity contribution in [1.29, 1.82) is 0 Å². The maximum Gasteiger partial charge on any atom is 0.248 e. The quantitative estimate of drug-likeness (QED) is 0.710. The van der Waals surface area contributed by atoms with Crippen LogP contribution in [0, 0.1) is 12.8 Å². The van der Waals surface area contributed by atoms with Crippen LogP contribution in [0.3, 0.4) is 0 Å². The lowest BCUT2D eigenvalue weighted by Crippen LogP contribution is -2.09. The molecule has 0 aliphatic heterocycles. The largest absolute Gasteiger partial charge is 0.248 e. The van der Waals surface area contributed by atoms with E-state index in [9.17, 15) is 8.78 Å². The molecule has 0 bridgehead atoms. The molecule has 1 aliphatic carbocycles. The third kappa shape index (κ3) is 3.79. The fraction of sp³-hybridized carbons (Fsp3) is 0.600. The molecule has 1 aromatic carbocycles. The van der Waals surface area contributed by atoms with E-state index in [0.29, 0.717) is 6.42 Å². The molecule has 1 aromatic rings. The van der Waals surface area contributed by atoms with Crippen molar-refractivity contribution in [3.63, 3.8) is 0 Å². The highest BCUT2D eigenvalue weighted by atomic mass is 19.3. The lowest BCUT2D eigenvalue weighted by Gasteiger charge is -2.10. The number of hydrogen-bond donors (Lipinski definition) is 0. The maximum absolute atomic E-state index is 13.0. The Kier molecular flexibility index (Phi) is 3.80. The normalized spacial score (nSPS) is 22.9. The third-order valence-corrected chi connectivity index (χ3v) is 3.70. The van der Waals surface area contributed by atoms with Crippen LogP contribution < -0.4 is 0 Å². The van der Waals surface area contributed by atoms with Crippen LogP contribution in [0.1, 0.15) is 43.2 Å².